The zero-order chi connectivity index (χ0) is 7.44. The van der Waals surface area contributed by atoms with Gasteiger partial charge in [-0.2, -0.15) is 0 Å². The molecule has 4 N–H and O–H groups in total. The first-order valence-electron chi connectivity index (χ1n) is 2.70. The van der Waals surface area contributed by atoms with Gasteiger partial charge in [0.1, 0.15) is 0 Å². The van der Waals surface area contributed by atoms with Gasteiger partial charge in [0.05, 0.1) is 12.0 Å². The predicted molar refractivity (Wildman–Crippen MR) is 31.9 cm³/mol. The molecule has 9 heavy (non-hydrogen) atoms. The maximum atomic E-state index is 10.1. The van der Waals surface area contributed by atoms with E-state index in [4.69, 9.17) is 15.9 Å². The summed E-state index contributed by atoms with van der Waals surface area (Å²) in [6, 6.07) is 0. The fourth-order valence-corrected chi connectivity index (χ4v) is 0.369. The summed E-state index contributed by atoms with van der Waals surface area (Å²) in [5.41, 5.74) is 5.00. The quantitative estimate of drug-likeness (QED) is 0.462. The van der Waals surface area contributed by atoms with Gasteiger partial charge in [-0.15, -0.1) is 0 Å². The van der Waals surface area contributed by atoms with E-state index in [1.54, 1.807) is 0 Å². The molecule has 4 nitrogen and oxygen atoms in total. The van der Waals surface area contributed by atoms with Crippen LogP contribution < -0.4 is 5.73 Å². The zero-order valence-corrected chi connectivity index (χ0v) is 5.24. The van der Waals surface area contributed by atoms with Gasteiger partial charge in [-0.3, -0.25) is 4.79 Å². The van der Waals surface area contributed by atoms with Crippen LogP contribution in [0.15, 0.2) is 0 Å². The summed E-state index contributed by atoms with van der Waals surface area (Å²) in [7, 11) is 0. The predicted octanol–water partition coefficient (Wildman–Crippen LogP) is -0.973. The average Bonchev–Trinajstić information content (AvgIpc) is 1.84. The van der Waals surface area contributed by atoms with Crippen LogP contribution in [0, 0.1) is 5.92 Å². The van der Waals surface area contributed by atoms with E-state index in [0.717, 1.165) is 0 Å². The number of hydrogen-bond acceptors (Lipinski definition) is 3. The van der Waals surface area contributed by atoms with Crippen LogP contribution in [0.3, 0.4) is 0 Å². The van der Waals surface area contributed by atoms with Crippen molar-refractivity contribution in [3.05, 3.63) is 0 Å². The molecule has 0 bridgehead atoms. The number of carbonyl (C=O) groups is 1. The molecule has 0 heterocycles. The summed E-state index contributed by atoms with van der Waals surface area (Å²) < 4.78 is 0. The standard InChI is InChI=1S/C5H11NO3/c1-3(5(8)9)4(7)2-6/h3-4,7H,2,6H2,1H3,(H,8,9)/t3-,4-/m0/s1. The Bertz CT molecular complexity index is 104. The van der Waals surface area contributed by atoms with Crippen LogP contribution in [0.4, 0.5) is 0 Å². The molecule has 54 valence electrons. The van der Waals surface area contributed by atoms with Crippen LogP contribution >= 0.6 is 0 Å². The van der Waals surface area contributed by atoms with Gasteiger partial charge in [0.2, 0.25) is 0 Å². The lowest BCUT2D eigenvalue weighted by atomic mass is 10.1. The van der Waals surface area contributed by atoms with E-state index < -0.39 is 18.0 Å². The van der Waals surface area contributed by atoms with Crippen molar-refractivity contribution in [1.82, 2.24) is 0 Å². The van der Waals surface area contributed by atoms with Crippen LogP contribution in [0.1, 0.15) is 6.92 Å². The first kappa shape index (κ1) is 8.39. The second-order valence-corrected chi connectivity index (χ2v) is 1.93. The summed E-state index contributed by atoms with van der Waals surface area (Å²) in [6.07, 6.45) is -0.928. The Morgan fingerprint density at radius 2 is 2.22 bits per heavy atom. The van der Waals surface area contributed by atoms with Crippen LogP contribution in [-0.2, 0) is 4.79 Å². The molecule has 0 aromatic carbocycles. The highest BCUT2D eigenvalue weighted by molar-refractivity contribution is 5.70. The Morgan fingerprint density at radius 3 is 2.33 bits per heavy atom. The lowest BCUT2D eigenvalue weighted by Crippen LogP contribution is -2.31. The van der Waals surface area contributed by atoms with E-state index in [-0.39, 0.29) is 6.54 Å². The Morgan fingerprint density at radius 1 is 1.78 bits per heavy atom. The van der Waals surface area contributed by atoms with Gasteiger partial charge in [0.15, 0.2) is 0 Å². The third kappa shape index (κ3) is 2.43. The highest BCUT2D eigenvalue weighted by atomic mass is 16.4. The summed E-state index contributed by atoms with van der Waals surface area (Å²) in [5, 5.41) is 17.1. The number of carboxylic acids is 1. The number of carboxylic acid groups (broad SMARTS) is 1. The van der Waals surface area contributed by atoms with Gasteiger partial charge < -0.3 is 15.9 Å². The van der Waals surface area contributed by atoms with E-state index in [2.05, 4.69) is 0 Å². The van der Waals surface area contributed by atoms with E-state index in [0.29, 0.717) is 0 Å². The molecule has 0 rings (SSSR count). The molecule has 2 atom stereocenters. The molecule has 0 aromatic heterocycles. The number of aliphatic hydroxyl groups excluding tert-OH is 1. The van der Waals surface area contributed by atoms with Crippen molar-refractivity contribution >= 4 is 5.97 Å². The van der Waals surface area contributed by atoms with E-state index in [9.17, 15) is 4.79 Å². The largest absolute Gasteiger partial charge is 0.481 e. The molecule has 0 aliphatic rings. The highest BCUT2D eigenvalue weighted by Crippen LogP contribution is 1.99. The molecule has 0 radical (unpaired) electrons. The van der Waals surface area contributed by atoms with Gasteiger partial charge in [0.25, 0.3) is 0 Å². The maximum absolute atomic E-state index is 10.1. The molecular formula is C5H11NO3. The summed E-state index contributed by atoms with van der Waals surface area (Å²) in [4.78, 5) is 10.1. The van der Waals surface area contributed by atoms with Crippen molar-refractivity contribution < 1.29 is 15.0 Å². The maximum Gasteiger partial charge on any atom is 0.308 e. The minimum atomic E-state index is -1.02. The first-order valence-corrected chi connectivity index (χ1v) is 2.70. The van der Waals surface area contributed by atoms with E-state index >= 15 is 0 Å². The number of aliphatic carboxylic acids is 1. The molecule has 0 spiro atoms. The van der Waals surface area contributed by atoms with Gasteiger partial charge in [-0.1, -0.05) is 0 Å². The fraction of sp³-hybridized carbons (Fsp3) is 0.800. The van der Waals surface area contributed by atoms with Crippen LogP contribution in [0.25, 0.3) is 0 Å². The normalized spacial score (nSPS) is 16.8. The third-order valence-electron chi connectivity index (χ3n) is 1.21. The Kier molecular flexibility index (Phi) is 3.19. The first-order chi connectivity index (χ1) is 4.09. The van der Waals surface area contributed by atoms with Gasteiger partial charge >= 0.3 is 5.97 Å². The lowest BCUT2D eigenvalue weighted by molar-refractivity contribution is -0.144. The average molecular weight is 133 g/mol. The Labute approximate surface area is 53.3 Å². The number of hydrogen-bond donors (Lipinski definition) is 3. The summed E-state index contributed by atoms with van der Waals surface area (Å²) in [6.45, 7) is 1.41. The fourth-order valence-electron chi connectivity index (χ4n) is 0.369. The van der Waals surface area contributed by atoms with Crippen molar-refractivity contribution in [1.29, 1.82) is 0 Å². The van der Waals surface area contributed by atoms with Crippen LogP contribution in [0.5, 0.6) is 0 Å². The molecule has 0 saturated carbocycles. The topological polar surface area (TPSA) is 83.5 Å². The molecule has 0 unspecified atom stereocenters. The molecular weight excluding hydrogens is 122 g/mol. The minimum absolute atomic E-state index is 0.00648. The number of rotatable bonds is 3. The van der Waals surface area contributed by atoms with E-state index in [1.165, 1.54) is 6.92 Å². The Hall–Kier alpha value is -0.610. The lowest BCUT2D eigenvalue weighted by Gasteiger charge is -2.10. The molecule has 0 aliphatic heterocycles. The summed E-state index contributed by atoms with van der Waals surface area (Å²) >= 11 is 0. The SMILES string of the molecule is C[C@H](C(=O)O)[C@@H](O)CN. The Balaban J connectivity index is 3.72. The highest BCUT2D eigenvalue weighted by Gasteiger charge is 2.18. The van der Waals surface area contributed by atoms with Gasteiger partial charge in [-0.25, -0.2) is 0 Å². The van der Waals surface area contributed by atoms with Gasteiger partial charge in [-0.05, 0) is 6.92 Å². The van der Waals surface area contributed by atoms with Gasteiger partial charge in [0, 0.05) is 6.54 Å². The van der Waals surface area contributed by atoms with Crippen LogP contribution in [-0.4, -0.2) is 28.8 Å². The zero-order valence-electron chi connectivity index (χ0n) is 5.24. The summed E-state index contributed by atoms with van der Waals surface area (Å²) in [5.74, 6) is -1.79. The van der Waals surface area contributed by atoms with Crippen molar-refractivity contribution in [2.45, 2.75) is 13.0 Å². The van der Waals surface area contributed by atoms with Crippen molar-refractivity contribution in [2.75, 3.05) is 6.54 Å². The van der Waals surface area contributed by atoms with Crippen molar-refractivity contribution in [3.8, 4) is 0 Å². The third-order valence-corrected chi connectivity index (χ3v) is 1.21. The second-order valence-electron chi connectivity index (χ2n) is 1.93. The molecule has 0 aliphatic carbocycles. The van der Waals surface area contributed by atoms with Crippen molar-refractivity contribution in [2.24, 2.45) is 11.7 Å². The number of nitrogens with two attached hydrogens (primary N) is 1. The minimum Gasteiger partial charge on any atom is -0.481 e. The van der Waals surface area contributed by atoms with E-state index in [1.807, 2.05) is 0 Å². The molecule has 0 saturated heterocycles. The molecule has 0 aromatic rings. The molecule has 4 heteroatoms. The molecule has 0 amide bonds. The smallest absolute Gasteiger partial charge is 0.308 e. The molecule has 0 fully saturated rings. The van der Waals surface area contributed by atoms with Crippen molar-refractivity contribution in [3.63, 3.8) is 0 Å². The van der Waals surface area contributed by atoms with Crippen LogP contribution in [0.2, 0.25) is 0 Å². The second kappa shape index (κ2) is 3.42. The number of aliphatic hydroxyl groups is 1. The monoisotopic (exact) mass is 133 g/mol.